The van der Waals surface area contributed by atoms with E-state index in [0.717, 1.165) is 24.2 Å². The van der Waals surface area contributed by atoms with Crippen LogP contribution in [0, 0.1) is 5.92 Å². The van der Waals surface area contributed by atoms with Crippen LogP contribution in [-0.2, 0) is 14.4 Å². The Morgan fingerprint density at radius 2 is 2.00 bits per heavy atom. The predicted molar refractivity (Wildman–Crippen MR) is 80.5 cm³/mol. The highest BCUT2D eigenvalue weighted by molar-refractivity contribution is 6.09. The molecule has 1 heterocycles. The topological polar surface area (TPSA) is 116 Å². The number of rotatable bonds is 6. The average Bonchev–Trinajstić information content (AvgIpc) is 2.72. The van der Waals surface area contributed by atoms with Gasteiger partial charge in [0.15, 0.2) is 0 Å². The minimum atomic E-state index is -1.02. The standard InChI is InChI=1S/C15H23N3O5/c1-2-10-3-6-15(7-4-10)13(22)18(14(23)17-15)9-11(19)16-8-5-12(20)21/h10H,2-9H2,1H3,(H,16,19)(H,17,23)(H,20,21). The summed E-state index contributed by atoms with van der Waals surface area (Å²) in [7, 11) is 0. The van der Waals surface area contributed by atoms with E-state index in [-0.39, 0.29) is 25.4 Å². The van der Waals surface area contributed by atoms with E-state index < -0.39 is 23.4 Å². The molecule has 0 aromatic carbocycles. The van der Waals surface area contributed by atoms with E-state index in [1.54, 1.807) is 0 Å². The summed E-state index contributed by atoms with van der Waals surface area (Å²) < 4.78 is 0. The molecular weight excluding hydrogens is 302 g/mol. The monoisotopic (exact) mass is 325 g/mol. The smallest absolute Gasteiger partial charge is 0.325 e. The van der Waals surface area contributed by atoms with Crippen LogP contribution in [0.1, 0.15) is 45.4 Å². The first-order valence-electron chi connectivity index (χ1n) is 8.00. The number of urea groups is 1. The van der Waals surface area contributed by atoms with Gasteiger partial charge >= 0.3 is 12.0 Å². The third-order valence-corrected chi connectivity index (χ3v) is 4.74. The number of carboxylic acid groups (broad SMARTS) is 1. The number of aliphatic carboxylic acids is 1. The van der Waals surface area contributed by atoms with Crippen LogP contribution in [0.3, 0.4) is 0 Å². The Kier molecular flexibility index (Phi) is 5.23. The number of nitrogens with zero attached hydrogens (tertiary/aromatic N) is 1. The Hall–Kier alpha value is -2.12. The number of carbonyl (C=O) groups is 4. The third-order valence-electron chi connectivity index (χ3n) is 4.74. The maximum absolute atomic E-state index is 12.6. The molecule has 2 fully saturated rings. The Balaban J connectivity index is 1.91. The molecule has 23 heavy (non-hydrogen) atoms. The van der Waals surface area contributed by atoms with Gasteiger partial charge in [0.05, 0.1) is 6.42 Å². The molecule has 1 saturated carbocycles. The van der Waals surface area contributed by atoms with Gasteiger partial charge in [0.25, 0.3) is 5.91 Å². The quantitative estimate of drug-likeness (QED) is 0.614. The lowest BCUT2D eigenvalue weighted by Gasteiger charge is -2.34. The Bertz CT molecular complexity index is 511. The zero-order valence-electron chi connectivity index (χ0n) is 13.3. The molecule has 8 nitrogen and oxygen atoms in total. The highest BCUT2D eigenvalue weighted by Gasteiger charge is 2.52. The zero-order valence-corrected chi connectivity index (χ0v) is 13.3. The number of carbonyl (C=O) groups excluding carboxylic acids is 3. The second-order valence-corrected chi connectivity index (χ2v) is 6.25. The second-order valence-electron chi connectivity index (χ2n) is 6.25. The van der Waals surface area contributed by atoms with Crippen molar-refractivity contribution in [3.8, 4) is 0 Å². The first-order chi connectivity index (χ1) is 10.9. The van der Waals surface area contributed by atoms with E-state index in [4.69, 9.17) is 5.11 Å². The molecule has 2 aliphatic rings. The molecule has 0 radical (unpaired) electrons. The zero-order chi connectivity index (χ0) is 17.0. The Labute approximate surface area is 134 Å². The van der Waals surface area contributed by atoms with Crippen LogP contribution in [-0.4, -0.2) is 52.4 Å². The second kappa shape index (κ2) is 6.97. The molecular formula is C15H23N3O5. The van der Waals surface area contributed by atoms with E-state index in [1.165, 1.54) is 0 Å². The summed E-state index contributed by atoms with van der Waals surface area (Å²) in [6, 6.07) is -0.543. The fourth-order valence-electron chi connectivity index (χ4n) is 3.25. The van der Waals surface area contributed by atoms with Gasteiger partial charge < -0.3 is 15.7 Å². The maximum atomic E-state index is 12.6. The average molecular weight is 325 g/mol. The van der Waals surface area contributed by atoms with Gasteiger partial charge in [0, 0.05) is 6.54 Å². The number of nitrogens with one attached hydrogen (secondary N) is 2. The molecule has 1 spiro atoms. The minimum absolute atomic E-state index is 0.0266. The van der Waals surface area contributed by atoms with E-state index in [2.05, 4.69) is 17.6 Å². The van der Waals surface area contributed by atoms with Crippen LogP contribution in [0.4, 0.5) is 4.79 Å². The molecule has 1 aliphatic heterocycles. The third kappa shape index (κ3) is 3.80. The van der Waals surface area contributed by atoms with Gasteiger partial charge in [-0.25, -0.2) is 4.79 Å². The first kappa shape index (κ1) is 17.2. The summed E-state index contributed by atoms with van der Waals surface area (Å²) in [5.41, 5.74) is -0.857. The molecule has 0 bridgehead atoms. The number of carboxylic acids is 1. The van der Waals surface area contributed by atoms with Crippen LogP contribution in [0.2, 0.25) is 0 Å². The molecule has 0 unspecified atom stereocenters. The van der Waals surface area contributed by atoms with Gasteiger partial charge in [-0.05, 0) is 31.6 Å². The van der Waals surface area contributed by atoms with Gasteiger partial charge in [-0.3, -0.25) is 19.3 Å². The van der Waals surface area contributed by atoms with Crippen molar-refractivity contribution < 1.29 is 24.3 Å². The summed E-state index contributed by atoms with van der Waals surface area (Å²) in [5.74, 6) is -1.31. The number of amides is 4. The molecule has 0 atom stereocenters. The van der Waals surface area contributed by atoms with Crippen molar-refractivity contribution in [2.24, 2.45) is 5.92 Å². The Morgan fingerprint density at radius 1 is 1.35 bits per heavy atom. The Morgan fingerprint density at radius 3 is 2.57 bits per heavy atom. The van der Waals surface area contributed by atoms with Crippen LogP contribution >= 0.6 is 0 Å². The summed E-state index contributed by atoms with van der Waals surface area (Å²) in [4.78, 5) is 47.7. The van der Waals surface area contributed by atoms with Crippen molar-refractivity contribution in [2.45, 2.75) is 51.0 Å². The fraction of sp³-hybridized carbons (Fsp3) is 0.733. The molecule has 128 valence electrons. The summed E-state index contributed by atoms with van der Waals surface area (Å²) in [5, 5.41) is 13.7. The normalized spacial score (nSPS) is 27.2. The van der Waals surface area contributed by atoms with Crippen LogP contribution < -0.4 is 10.6 Å². The van der Waals surface area contributed by atoms with Crippen LogP contribution in [0.15, 0.2) is 0 Å². The highest BCUT2D eigenvalue weighted by atomic mass is 16.4. The predicted octanol–water partition coefficient (Wildman–Crippen LogP) is 0.468. The van der Waals surface area contributed by atoms with Gasteiger partial charge in [0.1, 0.15) is 12.1 Å². The highest BCUT2D eigenvalue weighted by Crippen LogP contribution is 2.37. The molecule has 1 saturated heterocycles. The molecule has 8 heteroatoms. The summed E-state index contributed by atoms with van der Waals surface area (Å²) >= 11 is 0. The number of imide groups is 1. The summed E-state index contributed by atoms with van der Waals surface area (Å²) in [6.45, 7) is 1.72. The maximum Gasteiger partial charge on any atom is 0.325 e. The molecule has 0 aromatic rings. The van der Waals surface area contributed by atoms with Crippen LogP contribution in [0.5, 0.6) is 0 Å². The van der Waals surface area contributed by atoms with Gasteiger partial charge in [-0.1, -0.05) is 13.3 Å². The SMILES string of the molecule is CCC1CCC2(CC1)NC(=O)N(CC(=O)NCCC(=O)O)C2=O. The lowest BCUT2D eigenvalue weighted by molar-refractivity contribution is -0.138. The van der Waals surface area contributed by atoms with Gasteiger partial charge in [0.2, 0.25) is 5.91 Å². The van der Waals surface area contributed by atoms with E-state index >= 15 is 0 Å². The lowest BCUT2D eigenvalue weighted by atomic mass is 9.75. The summed E-state index contributed by atoms with van der Waals surface area (Å²) in [6.07, 6.45) is 3.85. The molecule has 2 rings (SSSR count). The van der Waals surface area contributed by atoms with Crippen molar-refractivity contribution in [2.75, 3.05) is 13.1 Å². The number of hydrogen-bond donors (Lipinski definition) is 3. The minimum Gasteiger partial charge on any atom is -0.481 e. The van der Waals surface area contributed by atoms with Crippen LogP contribution in [0.25, 0.3) is 0 Å². The van der Waals surface area contributed by atoms with E-state index in [1.807, 2.05) is 0 Å². The molecule has 3 N–H and O–H groups in total. The molecule has 4 amide bonds. The molecule has 0 aromatic heterocycles. The lowest BCUT2D eigenvalue weighted by Crippen LogP contribution is -2.50. The van der Waals surface area contributed by atoms with E-state index in [9.17, 15) is 19.2 Å². The van der Waals surface area contributed by atoms with Crippen molar-refractivity contribution >= 4 is 23.8 Å². The van der Waals surface area contributed by atoms with Crippen molar-refractivity contribution in [3.63, 3.8) is 0 Å². The van der Waals surface area contributed by atoms with Crippen molar-refractivity contribution in [1.82, 2.24) is 15.5 Å². The van der Waals surface area contributed by atoms with Gasteiger partial charge in [-0.15, -0.1) is 0 Å². The molecule has 1 aliphatic carbocycles. The number of hydrogen-bond acceptors (Lipinski definition) is 4. The van der Waals surface area contributed by atoms with Crippen molar-refractivity contribution in [3.05, 3.63) is 0 Å². The largest absolute Gasteiger partial charge is 0.481 e. The van der Waals surface area contributed by atoms with Crippen molar-refractivity contribution in [1.29, 1.82) is 0 Å². The van der Waals surface area contributed by atoms with E-state index in [0.29, 0.717) is 18.8 Å². The fourth-order valence-corrected chi connectivity index (χ4v) is 3.25. The first-order valence-corrected chi connectivity index (χ1v) is 8.00. The van der Waals surface area contributed by atoms with Gasteiger partial charge in [-0.2, -0.15) is 0 Å².